The Hall–Kier alpha value is -1.33. The van der Waals surface area contributed by atoms with E-state index < -0.39 is 10.0 Å². The minimum atomic E-state index is -3.65. The highest BCUT2D eigenvalue weighted by molar-refractivity contribution is 9.10. The van der Waals surface area contributed by atoms with Gasteiger partial charge in [-0.2, -0.15) is 5.10 Å². The zero-order chi connectivity index (χ0) is 13.2. The van der Waals surface area contributed by atoms with Gasteiger partial charge in [0.1, 0.15) is 12.2 Å². The van der Waals surface area contributed by atoms with E-state index in [1.807, 2.05) is 0 Å². The van der Waals surface area contributed by atoms with Crippen molar-refractivity contribution in [2.24, 2.45) is 7.05 Å². The van der Waals surface area contributed by atoms with E-state index in [9.17, 15) is 8.42 Å². The summed E-state index contributed by atoms with van der Waals surface area (Å²) in [5.41, 5.74) is 0. The highest BCUT2D eigenvalue weighted by atomic mass is 79.9. The van der Waals surface area contributed by atoms with Crippen LogP contribution in [0.15, 0.2) is 16.0 Å². The molecule has 2 rings (SSSR count). The van der Waals surface area contributed by atoms with Crippen LogP contribution in [0.3, 0.4) is 0 Å². The lowest BCUT2D eigenvalue weighted by molar-refractivity contribution is 0.560. The van der Waals surface area contributed by atoms with E-state index in [-0.39, 0.29) is 16.2 Å². The molecule has 0 fully saturated rings. The maximum Gasteiger partial charge on any atom is 0.260 e. The van der Waals surface area contributed by atoms with Crippen molar-refractivity contribution in [2.75, 3.05) is 6.54 Å². The quantitative estimate of drug-likeness (QED) is 0.739. The molecule has 0 amide bonds. The van der Waals surface area contributed by atoms with E-state index in [1.54, 1.807) is 0 Å². The van der Waals surface area contributed by atoms with Crippen molar-refractivity contribution < 1.29 is 8.42 Å². The number of halogens is 1. The van der Waals surface area contributed by atoms with Crippen LogP contribution in [0, 0.1) is 0 Å². The van der Waals surface area contributed by atoms with Gasteiger partial charge in [0.05, 0.1) is 0 Å². The van der Waals surface area contributed by atoms with Gasteiger partial charge in [0.2, 0.25) is 5.03 Å². The van der Waals surface area contributed by atoms with Gasteiger partial charge in [-0.05, 0) is 15.9 Å². The number of hydrogen-bond acceptors (Lipinski definition) is 6. The van der Waals surface area contributed by atoms with Gasteiger partial charge in [0.25, 0.3) is 10.0 Å². The van der Waals surface area contributed by atoms with E-state index in [0.717, 1.165) is 0 Å². The molecule has 9 nitrogen and oxygen atoms in total. The zero-order valence-corrected chi connectivity index (χ0v) is 11.7. The van der Waals surface area contributed by atoms with Gasteiger partial charge in [-0.25, -0.2) is 22.8 Å². The molecule has 0 aliphatic carbocycles. The Morgan fingerprint density at radius 1 is 1.56 bits per heavy atom. The molecule has 0 unspecified atom stereocenters. The monoisotopic (exact) mass is 335 g/mol. The van der Waals surface area contributed by atoms with Gasteiger partial charge in [-0.15, -0.1) is 5.10 Å². The van der Waals surface area contributed by atoms with Gasteiger partial charge < -0.3 is 0 Å². The van der Waals surface area contributed by atoms with E-state index in [1.165, 1.54) is 18.1 Å². The summed E-state index contributed by atoms with van der Waals surface area (Å²) in [4.78, 5) is 3.89. The summed E-state index contributed by atoms with van der Waals surface area (Å²) in [5.74, 6) is 0.611. The number of nitrogens with one attached hydrogen (secondary N) is 2. The Morgan fingerprint density at radius 2 is 2.33 bits per heavy atom. The van der Waals surface area contributed by atoms with Crippen LogP contribution in [0.25, 0.3) is 0 Å². The highest BCUT2D eigenvalue weighted by Crippen LogP contribution is 2.17. The van der Waals surface area contributed by atoms with Crippen molar-refractivity contribution in [3.63, 3.8) is 0 Å². The summed E-state index contributed by atoms with van der Waals surface area (Å²) >= 11 is 3.04. The van der Waals surface area contributed by atoms with Crippen molar-refractivity contribution in [1.82, 2.24) is 34.9 Å². The Bertz CT molecular complexity index is 601. The second kappa shape index (κ2) is 5.12. The third-order valence-electron chi connectivity index (χ3n) is 2.11. The van der Waals surface area contributed by atoms with E-state index in [2.05, 4.69) is 46.1 Å². The fourth-order valence-electron chi connectivity index (χ4n) is 1.33. The molecule has 0 spiro atoms. The minimum absolute atomic E-state index is 0.0138. The normalized spacial score (nSPS) is 11.9. The van der Waals surface area contributed by atoms with E-state index in [0.29, 0.717) is 12.2 Å². The van der Waals surface area contributed by atoms with Crippen LogP contribution >= 0.6 is 15.9 Å². The van der Waals surface area contributed by atoms with Crippen molar-refractivity contribution in [3.8, 4) is 0 Å². The molecule has 2 heterocycles. The average molecular weight is 336 g/mol. The fraction of sp³-hybridized carbons (Fsp3) is 0.429. The first-order valence-corrected chi connectivity index (χ1v) is 7.17. The second-order valence-electron chi connectivity index (χ2n) is 3.39. The first kappa shape index (κ1) is 13.1. The molecule has 0 aliphatic heterocycles. The van der Waals surface area contributed by atoms with Crippen molar-refractivity contribution >= 4 is 26.0 Å². The second-order valence-corrected chi connectivity index (χ2v) is 5.82. The summed E-state index contributed by atoms with van der Waals surface area (Å²) < 4.78 is 27.7. The minimum Gasteiger partial charge on any atom is -0.263 e. The Kier molecular flexibility index (Phi) is 3.73. The maximum atomic E-state index is 12.0. The molecule has 0 atom stereocenters. The number of H-pyrrole nitrogens is 1. The van der Waals surface area contributed by atoms with Gasteiger partial charge in [-0.1, -0.05) is 5.21 Å². The molecule has 0 aliphatic rings. The van der Waals surface area contributed by atoms with Crippen LogP contribution in [-0.2, 0) is 23.5 Å². The lowest BCUT2D eigenvalue weighted by Gasteiger charge is -2.05. The lowest BCUT2D eigenvalue weighted by Crippen LogP contribution is -2.28. The van der Waals surface area contributed by atoms with Gasteiger partial charge in [0.15, 0.2) is 4.60 Å². The van der Waals surface area contributed by atoms with Crippen LogP contribution in [-0.4, -0.2) is 45.1 Å². The summed E-state index contributed by atoms with van der Waals surface area (Å²) in [5, 5.41) is 13.5. The molecule has 2 aromatic rings. The van der Waals surface area contributed by atoms with E-state index >= 15 is 0 Å². The van der Waals surface area contributed by atoms with Crippen LogP contribution in [0.1, 0.15) is 5.82 Å². The van der Waals surface area contributed by atoms with Crippen LogP contribution < -0.4 is 4.72 Å². The number of rotatable bonds is 5. The fourth-order valence-corrected chi connectivity index (χ4v) is 3.45. The Morgan fingerprint density at radius 3 is 2.89 bits per heavy atom. The number of sulfonamides is 1. The Balaban J connectivity index is 2.04. The predicted octanol–water partition coefficient (Wildman–Crippen LogP) is -0.783. The molecule has 0 saturated heterocycles. The van der Waals surface area contributed by atoms with Crippen molar-refractivity contribution in [2.45, 2.75) is 11.4 Å². The number of aryl methyl sites for hydroxylation is 1. The number of aromatic amines is 1. The standard InChI is InChI=1S/C7H10BrN7O2S/c1-15-7(6(8)13-14-15)18(16,17)11-3-2-5-9-4-10-12-5/h4,11H,2-3H2,1H3,(H,9,10,12). The molecule has 11 heteroatoms. The molecule has 98 valence electrons. The first-order chi connectivity index (χ1) is 8.50. The van der Waals surface area contributed by atoms with Crippen LogP contribution in [0.2, 0.25) is 0 Å². The summed E-state index contributed by atoms with van der Waals surface area (Å²) in [6.07, 6.45) is 1.79. The number of hydrogen-bond donors (Lipinski definition) is 2. The molecular formula is C7H10BrN7O2S. The molecule has 0 radical (unpaired) electrons. The smallest absolute Gasteiger partial charge is 0.260 e. The SMILES string of the molecule is Cn1nnc(Br)c1S(=O)(=O)NCCc1ncn[nH]1. The van der Waals surface area contributed by atoms with Gasteiger partial charge in [-0.3, -0.25) is 5.10 Å². The number of aromatic nitrogens is 6. The summed E-state index contributed by atoms with van der Waals surface area (Å²) in [7, 11) is -2.15. The first-order valence-electron chi connectivity index (χ1n) is 4.90. The summed E-state index contributed by atoms with van der Waals surface area (Å²) in [6.45, 7) is 0.204. The van der Waals surface area contributed by atoms with Gasteiger partial charge >= 0.3 is 0 Å². The molecule has 2 N–H and O–H groups in total. The number of nitrogens with zero attached hydrogens (tertiary/aromatic N) is 5. The average Bonchev–Trinajstić information content (AvgIpc) is 2.89. The van der Waals surface area contributed by atoms with Gasteiger partial charge in [0, 0.05) is 20.0 Å². The molecule has 2 aromatic heterocycles. The van der Waals surface area contributed by atoms with E-state index in [4.69, 9.17) is 0 Å². The zero-order valence-electron chi connectivity index (χ0n) is 9.33. The van der Waals surface area contributed by atoms with Crippen molar-refractivity contribution in [1.29, 1.82) is 0 Å². The third kappa shape index (κ3) is 2.73. The predicted molar refractivity (Wildman–Crippen MR) is 64.0 cm³/mol. The molecule has 0 aromatic carbocycles. The molecular weight excluding hydrogens is 326 g/mol. The van der Waals surface area contributed by atoms with Crippen molar-refractivity contribution in [3.05, 3.63) is 16.8 Å². The summed E-state index contributed by atoms with van der Waals surface area (Å²) in [6, 6.07) is 0. The molecule has 0 bridgehead atoms. The van der Waals surface area contributed by atoms with Crippen LogP contribution in [0.5, 0.6) is 0 Å². The third-order valence-corrected chi connectivity index (χ3v) is 4.46. The maximum absolute atomic E-state index is 12.0. The molecule has 18 heavy (non-hydrogen) atoms. The highest BCUT2D eigenvalue weighted by Gasteiger charge is 2.23. The Labute approximate surface area is 111 Å². The largest absolute Gasteiger partial charge is 0.263 e. The molecule has 0 saturated carbocycles. The lowest BCUT2D eigenvalue weighted by atomic mass is 10.4. The van der Waals surface area contributed by atoms with Crippen LogP contribution in [0.4, 0.5) is 0 Å². The topological polar surface area (TPSA) is 118 Å².